The van der Waals surface area contributed by atoms with Gasteiger partial charge < -0.3 is 15.0 Å². The van der Waals surface area contributed by atoms with Crippen molar-refractivity contribution in [1.82, 2.24) is 9.62 Å². The van der Waals surface area contributed by atoms with Crippen LogP contribution in [0.1, 0.15) is 39.5 Å². The lowest BCUT2D eigenvalue weighted by molar-refractivity contribution is -0.150. The van der Waals surface area contributed by atoms with Gasteiger partial charge in [0.25, 0.3) is 0 Å². The third-order valence-electron chi connectivity index (χ3n) is 5.92. The summed E-state index contributed by atoms with van der Waals surface area (Å²) in [6.45, 7) is 4.78. The van der Waals surface area contributed by atoms with E-state index in [0.717, 1.165) is 12.8 Å². The molecule has 4 rings (SSSR count). The van der Waals surface area contributed by atoms with Gasteiger partial charge in [-0.05, 0) is 38.8 Å². The number of sulfonamides is 1. The average Bonchev–Trinajstić information content (AvgIpc) is 2.92. The number of likely N-dealkylation sites (tertiary alicyclic amines) is 1. The molecule has 0 spiro atoms. The number of cyclic esters (lactones) is 1. The van der Waals surface area contributed by atoms with Crippen molar-refractivity contribution < 1.29 is 22.7 Å². The number of esters is 1. The van der Waals surface area contributed by atoms with Gasteiger partial charge in [-0.1, -0.05) is 12.1 Å². The standard InChI is InChI=1S/C20H27N3O5S/c1-20(2)11-14(19(25)28-20)10-17(24)23-9-5-6-13(12-23)18-21-15-7-3-4-8-16(15)29(26,27)22-18/h3-4,7-8,13-14,18,21-22H,5-6,9-12H2,1-2H3. The second-order valence-corrected chi connectivity index (χ2v) is 10.4. The lowest BCUT2D eigenvalue weighted by Gasteiger charge is -2.39. The van der Waals surface area contributed by atoms with E-state index in [1.807, 2.05) is 13.8 Å². The number of para-hydroxylation sites is 1. The largest absolute Gasteiger partial charge is 0.459 e. The molecule has 0 radical (unpaired) electrons. The summed E-state index contributed by atoms with van der Waals surface area (Å²) in [5.41, 5.74) is 0.0556. The van der Waals surface area contributed by atoms with E-state index in [1.54, 1.807) is 29.2 Å². The zero-order chi connectivity index (χ0) is 20.8. The third-order valence-corrected chi connectivity index (χ3v) is 7.42. The summed E-state index contributed by atoms with van der Waals surface area (Å²) in [7, 11) is -3.59. The second kappa shape index (κ2) is 7.28. The van der Waals surface area contributed by atoms with Gasteiger partial charge in [0.1, 0.15) is 10.5 Å². The van der Waals surface area contributed by atoms with Crippen LogP contribution in [-0.2, 0) is 24.3 Å². The van der Waals surface area contributed by atoms with Crippen molar-refractivity contribution in [3.63, 3.8) is 0 Å². The Bertz CT molecular complexity index is 930. The van der Waals surface area contributed by atoms with E-state index >= 15 is 0 Å². The fourth-order valence-corrected chi connectivity index (χ4v) is 5.93. The minimum atomic E-state index is -3.59. The van der Waals surface area contributed by atoms with E-state index in [9.17, 15) is 18.0 Å². The molecule has 1 aromatic rings. The number of amides is 1. The Balaban J connectivity index is 1.43. The van der Waals surface area contributed by atoms with Gasteiger partial charge in [0.2, 0.25) is 15.9 Å². The topological polar surface area (TPSA) is 105 Å². The molecule has 0 aliphatic carbocycles. The number of hydrogen-bond donors (Lipinski definition) is 2. The van der Waals surface area contributed by atoms with Crippen LogP contribution >= 0.6 is 0 Å². The molecule has 8 nitrogen and oxygen atoms in total. The van der Waals surface area contributed by atoms with E-state index in [4.69, 9.17) is 4.74 Å². The monoisotopic (exact) mass is 421 g/mol. The number of piperidine rings is 1. The lowest BCUT2D eigenvalue weighted by Crippen LogP contribution is -2.54. The van der Waals surface area contributed by atoms with Crippen molar-refractivity contribution in [3.8, 4) is 0 Å². The Morgan fingerprint density at radius 2 is 2.07 bits per heavy atom. The summed E-state index contributed by atoms with van der Waals surface area (Å²) >= 11 is 0. The fraction of sp³-hybridized carbons (Fsp3) is 0.600. The fourth-order valence-electron chi connectivity index (χ4n) is 4.54. The van der Waals surface area contributed by atoms with Crippen LogP contribution in [0.3, 0.4) is 0 Å². The summed E-state index contributed by atoms with van der Waals surface area (Å²) in [5, 5.41) is 3.27. The van der Waals surface area contributed by atoms with E-state index < -0.39 is 27.7 Å². The zero-order valence-corrected chi connectivity index (χ0v) is 17.5. The molecule has 3 heterocycles. The van der Waals surface area contributed by atoms with Gasteiger partial charge in [-0.25, -0.2) is 8.42 Å². The summed E-state index contributed by atoms with van der Waals surface area (Å²) in [4.78, 5) is 26.8. The quantitative estimate of drug-likeness (QED) is 0.720. The Morgan fingerprint density at radius 3 is 2.79 bits per heavy atom. The molecule has 158 valence electrons. The minimum absolute atomic E-state index is 0.0530. The molecule has 3 aliphatic heterocycles. The van der Waals surface area contributed by atoms with Crippen molar-refractivity contribution in [3.05, 3.63) is 24.3 Å². The molecular formula is C20H27N3O5S. The maximum Gasteiger partial charge on any atom is 0.310 e. The highest BCUT2D eigenvalue weighted by Crippen LogP contribution is 2.34. The average molecular weight is 422 g/mol. The van der Waals surface area contributed by atoms with Gasteiger partial charge >= 0.3 is 5.97 Å². The summed E-state index contributed by atoms with van der Waals surface area (Å²) < 4.78 is 33.2. The van der Waals surface area contributed by atoms with Crippen LogP contribution in [0.25, 0.3) is 0 Å². The van der Waals surface area contributed by atoms with Crippen LogP contribution in [0.15, 0.2) is 29.2 Å². The van der Waals surface area contributed by atoms with Crippen LogP contribution in [0.4, 0.5) is 5.69 Å². The lowest BCUT2D eigenvalue weighted by atomic mass is 9.92. The van der Waals surface area contributed by atoms with Gasteiger partial charge in [0.05, 0.1) is 17.8 Å². The SMILES string of the molecule is CC1(C)CC(CC(=O)N2CCCC(C3Nc4ccccc4S(=O)(=O)N3)C2)C(=O)O1. The van der Waals surface area contributed by atoms with Gasteiger partial charge in [0.15, 0.2) is 0 Å². The van der Waals surface area contributed by atoms with Gasteiger partial charge in [0, 0.05) is 31.8 Å². The molecule has 29 heavy (non-hydrogen) atoms. The molecule has 0 saturated carbocycles. The first-order valence-electron chi connectivity index (χ1n) is 10.0. The molecule has 0 aromatic heterocycles. The Kier molecular flexibility index (Phi) is 5.06. The number of ether oxygens (including phenoxy) is 1. The minimum Gasteiger partial charge on any atom is -0.459 e. The smallest absolute Gasteiger partial charge is 0.310 e. The number of anilines is 1. The van der Waals surface area contributed by atoms with Crippen molar-refractivity contribution in [2.24, 2.45) is 11.8 Å². The number of carbonyl (C=O) groups excluding carboxylic acids is 2. The van der Waals surface area contributed by atoms with Crippen molar-refractivity contribution in [1.29, 1.82) is 0 Å². The molecule has 3 unspecified atom stereocenters. The number of nitrogens with one attached hydrogen (secondary N) is 2. The molecule has 3 aliphatic rings. The van der Waals surface area contributed by atoms with Crippen molar-refractivity contribution in [2.75, 3.05) is 18.4 Å². The molecule has 0 bridgehead atoms. The number of rotatable bonds is 3. The molecule has 1 aromatic carbocycles. The van der Waals surface area contributed by atoms with Crippen molar-refractivity contribution >= 4 is 27.6 Å². The molecule has 1 amide bonds. The molecule has 9 heteroatoms. The number of benzene rings is 1. The number of hydrogen-bond acceptors (Lipinski definition) is 6. The van der Waals surface area contributed by atoms with Crippen LogP contribution < -0.4 is 10.0 Å². The molecular weight excluding hydrogens is 394 g/mol. The van der Waals surface area contributed by atoms with Crippen LogP contribution in [0, 0.1) is 11.8 Å². The van der Waals surface area contributed by atoms with Gasteiger partial charge in [-0.15, -0.1) is 0 Å². The van der Waals surface area contributed by atoms with E-state index in [0.29, 0.717) is 25.2 Å². The second-order valence-electron chi connectivity index (χ2n) is 8.77. The normalized spacial score (nSPS) is 30.2. The summed E-state index contributed by atoms with van der Waals surface area (Å²) in [6.07, 6.45) is 1.81. The first kappa shape index (κ1) is 20.2. The van der Waals surface area contributed by atoms with E-state index in [-0.39, 0.29) is 29.1 Å². The molecule has 3 atom stereocenters. The predicted octanol–water partition coefficient (Wildman–Crippen LogP) is 1.69. The van der Waals surface area contributed by atoms with Crippen LogP contribution in [0.2, 0.25) is 0 Å². The predicted molar refractivity (Wildman–Crippen MR) is 106 cm³/mol. The summed E-state index contributed by atoms with van der Waals surface area (Å²) in [5.74, 6) is -0.845. The summed E-state index contributed by atoms with van der Waals surface area (Å²) in [6, 6.07) is 6.80. The number of nitrogens with zero attached hydrogens (tertiary/aromatic N) is 1. The van der Waals surface area contributed by atoms with Gasteiger partial charge in [-0.3, -0.25) is 9.59 Å². The van der Waals surface area contributed by atoms with Crippen LogP contribution in [-0.4, -0.2) is 50.1 Å². The highest BCUT2D eigenvalue weighted by molar-refractivity contribution is 7.89. The first-order chi connectivity index (χ1) is 13.6. The van der Waals surface area contributed by atoms with E-state index in [2.05, 4.69) is 10.0 Å². The van der Waals surface area contributed by atoms with E-state index in [1.165, 1.54) is 0 Å². The highest BCUT2D eigenvalue weighted by Gasteiger charge is 2.42. The maximum absolute atomic E-state index is 12.8. The van der Waals surface area contributed by atoms with Crippen LogP contribution in [0.5, 0.6) is 0 Å². The number of fused-ring (bicyclic) bond motifs is 1. The third kappa shape index (κ3) is 4.11. The Hall–Kier alpha value is -2.13. The molecule has 2 N–H and O–H groups in total. The highest BCUT2D eigenvalue weighted by atomic mass is 32.2. The Morgan fingerprint density at radius 1 is 1.31 bits per heavy atom. The first-order valence-corrected chi connectivity index (χ1v) is 11.5. The van der Waals surface area contributed by atoms with Gasteiger partial charge in [-0.2, -0.15) is 4.72 Å². The molecule has 2 fully saturated rings. The zero-order valence-electron chi connectivity index (χ0n) is 16.7. The molecule has 2 saturated heterocycles. The number of carbonyl (C=O) groups is 2. The van der Waals surface area contributed by atoms with Crippen molar-refractivity contribution in [2.45, 2.75) is 56.2 Å². The Labute approximate surface area is 171 Å². The maximum atomic E-state index is 12.8.